The van der Waals surface area contributed by atoms with E-state index in [2.05, 4.69) is 4.98 Å². The van der Waals surface area contributed by atoms with E-state index in [0.29, 0.717) is 35.9 Å². The fourth-order valence-corrected chi connectivity index (χ4v) is 3.54. The maximum atomic E-state index is 13.0. The lowest BCUT2D eigenvalue weighted by atomic mass is 9.90. The highest BCUT2D eigenvalue weighted by Crippen LogP contribution is 2.23. The van der Waals surface area contributed by atoms with Crippen LogP contribution < -0.4 is 5.73 Å². The highest BCUT2D eigenvalue weighted by atomic mass is 35.5. The molecular weight excluding hydrogens is 365 g/mol. The van der Waals surface area contributed by atoms with Crippen LogP contribution in [0.15, 0.2) is 29.6 Å². The van der Waals surface area contributed by atoms with Crippen LogP contribution in [0.5, 0.6) is 0 Å². The average Bonchev–Trinajstić information content (AvgIpc) is 3.10. The predicted molar refractivity (Wildman–Crippen MR) is 96.6 cm³/mol. The molecule has 1 saturated heterocycles. The van der Waals surface area contributed by atoms with E-state index in [9.17, 15) is 14.0 Å². The zero-order valence-electron chi connectivity index (χ0n) is 13.5. The Morgan fingerprint density at radius 2 is 2.04 bits per heavy atom. The maximum absolute atomic E-state index is 13.0. The number of aromatic nitrogens is 1. The van der Waals surface area contributed by atoms with Crippen LogP contribution >= 0.6 is 23.7 Å². The van der Waals surface area contributed by atoms with Crippen molar-refractivity contribution in [2.45, 2.75) is 19.4 Å². The number of Topliss-reactive ketones (excluding diaryl/α,β-unsaturated/α-hetero) is 1. The van der Waals surface area contributed by atoms with Gasteiger partial charge in [-0.15, -0.1) is 23.7 Å². The zero-order valence-corrected chi connectivity index (χ0v) is 15.1. The van der Waals surface area contributed by atoms with Crippen molar-refractivity contribution >= 4 is 35.4 Å². The summed E-state index contributed by atoms with van der Waals surface area (Å²) in [6.45, 7) is 1.29. The van der Waals surface area contributed by atoms with Gasteiger partial charge >= 0.3 is 0 Å². The zero-order chi connectivity index (χ0) is 17.1. The number of halogens is 2. The molecule has 0 saturated carbocycles. The van der Waals surface area contributed by atoms with E-state index in [-0.39, 0.29) is 35.8 Å². The Morgan fingerprint density at radius 3 is 2.68 bits per heavy atom. The molecule has 2 aromatic rings. The minimum Gasteiger partial charge on any atom is -0.337 e. The fourth-order valence-electron chi connectivity index (χ4n) is 2.89. The third-order valence-electron chi connectivity index (χ3n) is 4.15. The van der Waals surface area contributed by atoms with Crippen molar-refractivity contribution < 1.29 is 14.0 Å². The number of carbonyl (C=O) groups is 2. The summed E-state index contributed by atoms with van der Waals surface area (Å²) in [6, 6.07) is 5.55. The minimum atomic E-state index is -0.369. The van der Waals surface area contributed by atoms with Gasteiger partial charge < -0.3 is 10.6 Å². The molecule has 2 N–H and O–H groups in total. The van der Waals surface area contributed by atoms with E-state index in [1.54, 1.807) is 10.3 Å². The molecule has 3 rings (SSSR count). The van der Waals surface area contributed by atoms with Crippen molar-refractivity contribution in [3.05, 3.63) is 51.7 Å². The summed E-state index contributed by atoms with van der Waals surface area (Å²) in [5, 5.41) is 2.42. The van der Waals surface area contributed by atoms with E-state index in [1.807, 2.05) is 0 Å². The van der Waals surface area contributed by atoms with Gasteiger partial charge in [-0.05, 0) is 37.1 Å². The number of amides is 1. The summed E-state index contributed by atoms with van der Waals surface area (Å²) >= 11 is 1.36. The Balaban J connectivity index is 0.00000225. The van der Waals surface area contributed by atoms with Gasteiger partial charge in [-0.3, -0.25) is 9.59 Å². The second-order valence-corrected chi connectivity index (χ2v) is 6.73. The molecule has 0 bridgehead atoms. The molecular formula is C17H19ClFN3O2S. The largest absolute Gasteiger partial charge is 0.337 e. The summed E-state index contributed by atoms with van der Waals surface area (Å²) in [7, 11) is 0. The summed E-state index contributed by atoms with van der Waals surface area (Å²) in [6.07, 6.45) is 1.49. The minimum absolute atomic E-state index is 0. The molecule has 0 spiro atoms. The number of ketones is 1. The molecule has 1 amide bonds. The molecule has 2 heterocycles. The molecule has 1 aromatic carbocycles. The standard InChI is InChI=1S/C17H18FN3O2S.ClH/c18-13-5-3-11(4-6-13)16(22)12-2-1-7-21(9-12)17(23)14-10-24-15(8-19)20-14;/h3-6,10,12H,1-2,7-9,19H2;1H. The number of likely N-dealkylation sites (tertiary alicyclic amines) is 1. The van der Waals surface area contributed by atoms with Crippen molar-refractivity contribution in [1.82, 2.24) is 9.88 Å². The third kappa shape index (κ3) is 4.42. The van der Waals surface area contributed by atoms with E-state index in [1.165, 1.54) is 35.6 Å². The number of carbonyl (C=O) groups excluding carboxylic acids is 2. The summed E-state index contributed by atoms with van der Waals surface area (Å²) < 4.78 is 13.0. The molecule has 1 atom stereocenters. The molecule has 25 heavy (non-hydrogen) atoms. The van der Waals surface area contributed by atoms with Gasteiger partial charge in [-0.2, -0.15) is 0 Å². The Labute approximate surface area is 155 Å². The van der Waals surface area contributed by atoms with Crippen LogP contribution in [-0.2, 0) is 6.54 Å². The number of nitrogens with zero attached hydrogens (tertiary/aromatic N) is 2. The average molecular weight is 384 g/mol. The molecule has 8 heteroatoms. The SMILES string of the molecule is Cl.NCc1nc(C(=O)N2CCCC(C(=O)c3ccc(F)cc3)C2)cs1. The molecule has 134 valence electrons. The van der Waals surface area contributed by atoms with Gasteiger partial charge in [-0.25, -0.2) is 9.37 Å². The van der Waals surface area contributed by atoms with Crippen molar-refractivity contribution in [2.24, 2.45) is 11.7 Å². The first-order valence-electron chi connectivity index (χ1n) is 7.82. The Morgan fingerprint density at radius 1 is 1.32 bits per heavy atom. The van der Waals surface area contributed by atoms with Crippen molar-refractivity contribution in [1.29, 1.82) is 0 Å². The Hall–Kier alpha value is -1.83. The first kappa shape index (κ1) is 19.5. The van der Waals surface area contributed by atoms with Gasteiger partial charge in [0.1, 0.15) is 16.5 Å². The lowest BCUT2D eigenvalue weighted by Crippen LogP contribution is -2.42. The van der Waals surface area contributed by atoms with Crippen LogP contribution in [0.4, 0.5) is 4.39 Å². The molecule has 5 nitrogen and oxygen atoms in total. The molecule has 0 aliphatic carbocycles. The van der Waals surface area contributed by atoms with E-state index in [0.717, 1.165) is 12.8 Å². The fraction of sp³-hybridized carbons (Fsp3) is 0.353. The van der Waals surface area contributed by atoms with Crippen LogP contribution in [0.1, 0.15) is 38.7 Å². The molecule has 1 fully saturated rings. The smallest absolute Gasteiger partial charge is 0.273 e. The topological polar surface area (TPSA) is 76.3 Å². The van der Waals surface area contributed by atoms with Gasteiger partial charge in [0.25, 0.3) is 5.91 Å². The van der Waals surface area contributed by atoms with Crippen LogP contribution in [0.25, 0.3) is 0 Å². The number of hydrogen-bond acceptors (Lipinski definition) is 5. The van der Waals surface area contributed by atoms with Crippen LogP contribution in [0.2, 0.25) is 0 Å². The lowest BCUT2D eigenvalue weighted by Gasteiger charge is -2.31. The number of thiazole rings is 1. The van der Waals surface area contributed by atoms with E-state index >= 15 is 0 Å². The number of nitrogens with two attached hydrogens (primary N) is 1. The first-order valence-corrected chi connectivity index (χ1v) is 8.70. The van der Waals surface area contributed by atoms with Crippen molar-refractivity contribution in [3.8, 4) is 0 Å². The second-order valence-electron chi connectivity index (χ2n) is 5.79. The van der Waals surface area contributed by atoms with E-state index < -0.39 is 0 Å². The second kappa shape index (κ2) is 8.51. The van der Waals surface area contributed by atoms with Gasteiger partial charge in [0.15, 0.2) is 5.78 Å². The van der Waals surface area contributed by atoms with Gasteiger partial charge in [0, 0.05) is 36.5 Å². The number of rotatable bonds is 4. The molecule has 1 unspecified atom stereocenters. The highest BCUT2D eigenvalue weighted by Gasteiger charge is 2.30. The third-order valence-corrected chi connectivity index (χ3v) is 5.02. The van der Waals surface area contributed by atoms with Crippen LogP contribution in [0.3, 0.4) is 0 Å². The van der Waals surface area contributed by atoms with Crippen molar-refractivity contribution in [2.75, 3.05) is 13.1 Å². The molecule has 1 aromatic heterocycles. The number of piperidine rings is 1. The monoisotopic (exact) mass is 383 g/mol. The maximum Gasteiger partial charge on any atom is 0.273 e. The summed E-state index contributed by atoms with van der Waals surface area (Å²) in [5.41, 5.74) is 6.40. The molecule has 1 aliphatic rings. The summed E-state index contributed by atoms with van der Waals surface area (Å²) in [5.74, 6) is -0.844. The lowest BCUT2D eigenvalue weighted by molar-refractivity contribution is 0.0632. The number of benzene rings is 1. The van der Waals surface area contributed by atoms with Gasteiger partial charge in [0.2, 0.25) is 0 Å². The van der Waals surface area contributed by atoms with Gasteiger partial charge in [-0.1, -0.05) is 0 Å². The van der Waals surface area contributed by atoms with Gasteiger partial charge in [0.05, 0.1) is 0 Å². The van der Waals surface area contributed by atoms with Crippen molar-refractivity contribution in [3.63, 3.8) is 0 Å². The molecule has 1 aliphatic heterocycles. The predicted octanol–water partition coefficient (Wildman–Crippen LogP) is 2.90. The Kier molecular flexibility index (Phi) is 6.64. The van der Waals surface area contributed by atoms with Crippen LogP contribution in [-0.4, -0.2) is 34.7 Å². The molecule has 0 radical (unpaired) electrons. The normalized spacial score (nSPS) is 17.0. The van der Waals surface area contributed by atoms with E-state index in [4.69, 9.17) is 5.73 Å². The van der Waals surface area contributed by atoms with Crippen LogP contribution in [0, 0.1) is 11.7 Å². The quantitative estimate of drug-likeness (QED) is 0.823. The highest BCUT2D eigenvalue weighted by molar-refractivity contribution is 7.09. The number of hydrogen-bond donors (Lipinski definition) is 1. The Bertz CT molecular complexity index is 751. The summed E-state index contributed by atoms with van der Waals surface area (Å²) in [4.78, 5) is 31.0. The first-order chi connectivity index (χ1) is 11.6.